The minimum Gasteiger partial charge on any atom is -0.493 e. The van der Waals surface area contributed by atoms with Crippen molar-refractivity contribution in [1.82, 2.24) is 15.5 Å². The van der Waals surface area contributed by atoms with Gasteiger partial charge in [-0.3, -0.25) is 4.79 Å². The lowest BCUT2D eigenvalue weighted by Crippen LogP contribution is -2.53. The van der Waals surface area contributed by atoms with E-state index in [0.29, 0.717) is 6.61 Å². The van der Waals surface area contributed by atoms with Crippen molar-refractivity contribution in [2.24, 2.45) is 0 Å². The summed E-state index contributed by atoms with van der Waals surface area (Å²) in [6.45, 7) is 5.17. The van der Waals surface area contributed by atoms with E-state index in [1.54, 1.807) is 6.92 Å². The fourth-order valence-electron chi connectivity index (χ4n) is 3.62. The largest absolute Gasteiger partial charge is 0.493 e. The van der Waals surface area contributed by atoms with Gasteiger partial charge in [-0.25, -0.2) is 4.79 Å². The van der Waals surface area contributed by atoms with Crippen LogP contribution >= 0.6 is 0 Å². The molecule has 2 aliphatic heterocycles. The van der Waals surface area contributed by atoms with Crippen molar-refractivity contribution in [3.05, 3.63) is 29.8 Å². The standard InChI is InChI=1S/C19H27N3O3/c1-13-7-5-6-11-22(13)18(23)14(2)20-19(24)21-16-10-12-25-17-9-4-3-8-15(16)17/h3-4,8-9,13-14,16H,5-7,10-12H2,1-2H3,(H2,20,21,24). The van der Waals surface area contributed by atoms with Crippen molar-refractivity contribution < 1.29 is 14.3 Å². The highest BCUT2D eigenvalue weighted by Gasteiger charge is 2.29. The Morgan fingerprint density at radius 3 is 2.84 bits per heavy atom. The number of nitrogens with one attached hydrogen (secondary N) is 2. The van der Waals surface area contributed by atoms with E-state index in [9.17, 15) is 9.59 Å². The van der Waals surface area contributed by atoms with Gasteiger partial charge in [0.05, 0.1) is 12.6 Å². The van der Waals surface area contributed by atoms with Crippen molar-refractivity contribution in [3.8, 4) is 5.75 Å². The number of amides is 3. The van der Waals surface area contributed by atoms with Gasteiger partial charge in [0.25, 0.3) is 0 Å². The van der Waals surface area contributed by atoms with Gasteiger partial charge in [-0.15, -0.1) is 0 Å². The van der Waals surface area contributed by atoms with Crippen LogP contribution in [-0.2, 0) is 4.79 Å². The summed E-state index contributed by atoms with van der Waals surface area (Å²) in [6.07, 6.45) is 3.95. The second kappa shape index (κ2) is 7.76. The molecule has 25 heavy (non-hydrogen) atoms. The van der Waals surface area contributed by atoms with Crippen molar-refractivity contribution in [2.75, 3.05) is 13.2 Å². The summed E-state index contributed by atoms with van der Waals surface area (Å²) in [5.41, 5.74) is 0.979. The number of hydrogen-bond donors (Lipinski definition) is 2. The SMILES string of the molecule is CC(NC(=O)NC1CCOc2ccccc21)C(=O)N1CCCCC1C. The molecule has 6 nitrogen and oxygen atoms in total. The van der Waals surface area contributed by atoms with E-state index >= 15 is 0 Å². The molecule has 3 atom stereocenters. The molecular formula is C19H27N3O3. The van der Waals surface area contributed by atoms with Crippen LogP contribution < -0.4 is 15.4 Å². The molecule has 2 heterocycles. The lowest BCUT2D eigenvalue weighted by atomic mass is 10.0. The van der Waals surface area contributed by atoms with Gasteiger partial charge in [-0.05, 0) is 39.2 Å². The molecule has 0 saturated carbocycles. The molecule has 0 bridgehead atoms. The first-order valence-electron chi connectivity index (χ1n) is 9.15. The number of rotatable bonds is 3. The second-order valence-electron chi connectivity index (χ2n) is 6.94. The molecule has 2 aliphatic rings. The van der Waals surface area contributed by atoms with Crippen LogP contribution in [-0.4, -0.2) is 42.1 Å². The third kappa shape index (κ3) is 4.06. The Morgan fingerprint density at radius 2 is 2.04 bits per heavy atom. The topological polar surface area (TPSA) is 70.7 Å². The summed E-state index contributed by atoms with van der Waals surface area (Å²) >= 11 is 0. The van der Waals surface area contributed by atoms with E-state index in [4.69, 9.17) is 4.74 Å². The van der Waals surface area contributed by atoms with Crippen molar-refractivity contribution in [1.29, 1.82) is 0 Å². The van der Waals surface area contributed by atoms with Gasteiger partial charge in [0, 0.05) is 24.6 Å². The van der Waals surface area contributed by atoms with Gasteiger partial charge < -0.3 is 20.3 Å². The number of ether oxygens (including phenoxy) is 1. The average Bonchev–Trinajstić information content (AvgIpc) is 2.62. The molecule has 3 rings (SSSR count). The van der Waals surface area contributed by atoms with E-state index < -0.39 is 6.04 Å². The lowest BCUT2D eigenvalue weighted by Gasteiger charge is -2.35. The molecule has 0 aromatic heterocycles. The Morgan fingerprint density at radius 1 is 1.24 bits per heavy atom. The zero-order chi connectivity index (χ0) is 17.8. The molecule has 3 amide bonds. The number of nitrogens with zero attached hydrogens (tertiary/aromatic N) is 1. The molecule has 1 aromatic carbocycles. The maximum atomic E-state index is 12.6. The quantitative estimate of drug-likeness (QED) is 0.885. The number of fused-ring (bicyclic) bond motifs is 1. The number of piperidine rings is 1. The smallest absolute Gasteiger partial charge is 0.315 e. The Balaban J connectivity index is 1.56. The molecule has 136 valence electrons. The van der Waals surface area contributed by atoms with Crippen LogP contribution in [0.3, 0.4) is 0 Å². The van der Waals surface area contributed by atoms with E-state index in [0.717, 1.165) is 43.5 Å². The van der Waals surface area contributed by atoms with Crippen LogP contribution in [0.25, 0.3) is 0 Å². The van der Waals surface area contributed by atoms with Gasteiger partial charge >= 0.3 is 6.03 Å². The van der Waals surface area contributed by atoms with Crippen LogP contribution in [0.4, 0.5) is 4.79 Å². The maximum absolute atomic E-state index is 12.6. The lowest BCUT2D eigenvalue weighted by molar-refractivity contribution is -0.136. The minimum atomic E-state index is -0.532. The zero-order valence-electron chi connectivity index (χ0n) is 15.0. The van der Waals surface area contributed by atoms with E-state index in [-0.39, 0.29) is 24.0 Å². The minimum absolute atomic E-state index is 0.00488. The molecular weight excluding hydrogens is 318 g/mol. The summed E-state index contributed by atoms with van der Waals surface area (Å²) in [5, 5.41) is 5.77. The normalized spacial score (nSPS) is 23.8. The number of hydrogen-bond acceptors (Lipinski definition) is 3. The number of para-hydroxylation sites is 1. The molecule has 2 N–H and O–H groups in total. The van der Waals surface area contributed by atoms with Gasteiger partial charge in [-0.2, -0.15) is 0 Å². The Labute approximate surface area is 148 Å². The molecule has 0 aliphatic carbocycles. The Kier molecular flexibility index (Phi) is 5.46. The highest BCUT2D eigenvalue weighted by atomic mass is 16.5. The molecule has 1 fully saturated rings. The Bertz CT molecular complexity index is 634. The fourth-order valence-corrected chi connectivity index (χ4v) is 3.62. The summed E-state index contributed by atoms with van der Waals surface area (Å²) in [4.78, 5) is 26.9. The van der Waals surface area contributed by atoms with Crippen LogP contribution in [0, 0.1) is 0 Å². The predicted octanol–water partition coefficient (Wildman–Crippen LogP) is 2.60. The number of urea groups is 1. The van der Waals surface area contributed by atoms with Crippen molar-refractivity contribution in [2.45, 2.75) is 57.7 Å². The zero-order valence-corrected chi connectivity index (χ0v) is 15.0. The number of carbonyl (C=O) groups excluding carboxylic acids is 2. The van der Waals surface area contributed by atoms with Crippen LogP contribution in [0.5, 0.6) is 5.75 Å². The van der Waals surface area contributed by atoms with Crippen molar-refractivity contribution in [3.63, 3.8) is 0 Å². The molecule has 6 heteroatoms. The number of benzene rings is 1. The fraction of sp³-hybridized carbons (Fsp3) is 0.579. The second-order valence-corrected chi connectivity index (χ2v) is 6.94. The van der Waals surface area contributed by atoms with Crippen LogP contribution in [0.15, 0.2) is 24.3 Å². The highest BCUT2D eigenvalue weighted by molar-refractivity contribution is 5.87. The first kappa shape index (κ1) is 17.6. The summed E-state index contributed by atoms with van der Waals surface area (Å²) in [5.74, 6) is 0.806. The molecule has 1 aromatic rings. The molecule has 1 saturated heterocycles. The monoisotopic (exact) mass is 345 g/mol. The number of carbonyl (C=O) groups is 2. The van der Waals surface area contributed by atoms with Gasteiger partial charge in [-0.1, -0.05) is 18.2 Å². The van der Waals surface area contributed by atoms with E-state index in [1.807, 2.05) is 29.2 Å². The summed E-state index contributed by atoms with van der Waals surface area (Å²) < 4.78 is 5.61. The van der Waals surface area contributed by atoms with Crippen LogP contribution in [0.1, 0.15) is 51.1 Å². The van der Waals surface area contributed by atoms with E-state index in [1.165, 1.54) is 0 Å². The first-order chi connectivity index (χ1) is 12.1. The maximum Gasteiger partial charge on any atom is 0.315 e. The Hall–Kier alpha value is -2.24. The van der Waals surface area contributed by atoms with Gasteiger partial charge in [0.15, 0.2) is 0 Å². The number of likely N-dealkylation sites (tertiary alicyclic amines) is 1. The van der Waals surface area contributed by atoms with Crippen LogP contribution in [0.2, 0.25) is 0 Å². The van der Waals surface area contributed by atoms with E-state index in [2.05, 4.69) is 17.6 Å². The molecule has 0 spiro atoms. The molecule has 0 radical (unpaired) electrons. The summed E-state index contributed by atoms with van der Waals surface area (Å²) in [7, 11) is 0. The van der Waals surface area contributed by atoms with Crippen molar-refractivity contribution >= 4 is 11.9 Å². The highest BCUT2D eigenvalue weighted by Crippen LogP contribution is 2.31. The average molecular weight is 345 g/mol. The van der Waals surface area contributed by atoms with Gasteiger partial charge in [0.1, 0.15) is 11.8 Å². The van der Waals surface area contributed by atoms with Gasteiger partial charge in [0.2, 0.25) is 5.91 Å². The predicted molar refractivity (Wildman–Crippen MR) is 95.5 cm³/mol. The molecule has 3 unspecified atom stereocenters. The third-order valence-corrected chi connectivity index (χ3v) is 5.07. The third-order valence-electron chi connectivity index (χ3n) is 5.07. The first-order valence-corrected chi connectivity index (χ1v) is 9.15. The summed E-state index contributed by atoms with van der Waals surface area (Å²) in [6, 6.07) is 7.03.